The normalized spacial score (nSPS) is 12.8. The lowest BCUT2D eigenvalue weighted by Gasteiger charge is -2.13. The second-order valence-corrected chi connectivity index (χ2v) is 3.42. The van der Waals surface area contributed by atoms with Crippen LogP contribution < -0.4 is 11.5 Å². The minimum atomic E-state index is 0.422. The molecule has 4 N–H and O–H groups in total. The zero-order valence-electron chi connectivity index (χ0n) is 8.16. The van der Waals surface area contributed by atoms with Crippen molar-refractivity contribution < 1.29 is 0 Å². The summed E-state index contributed by atoms with van der Waals surface area (Å²) in [5.74, 6) is 0.422. The standard InChI is InChI=1S/C11H18N2/c1-9-2-4-10(5-3-9)11(8-13)6-7-12/h2-5,11H,6-8,12-13H2,1H3. The molecule has 72 valence electrons. The van der Waals surface area contributed by atoms with E-state index in [-0.39, 0.29) is 0 Å². The van der Waals surface area contributed by atoms with E-state index in [0.29, 0.717) is 19.0 Å². The van der Waals surface area contributed by atoms with Crippen LogP contribution in [0.2, 0.25) is 0 Å². The first kappa shape index (κ1) is 10.2. The molecule has 0 aromatic heterocycles. The third-order valence-corrected chi connectivity index (χ3v) is 2.35. The van der Waals surface area contributed by atoms with Crippen molar-refractivity contribution in [2.24, 2.45) is 11.5 Å². The number of aryl methyl sites for hydroxylation is 1. The Morgan fingerprint density at radius 3 is 2.23 bits per heavy atom. The summed E-state index contributed by atoms with van der Waals surface area (Å²) in [6, 6.07) is 8.52. The van der Waals surface area contributed by atoms with Gasteiger partial charge in [0.05, 0.1) is 0 Å². The summed E-state index contributed by atoms with van der Waals surface area (Å²) in [6.45, 7) is 3.47. The minimum Gasteiger partial charge on any atom is -0.330 e. The van der Waals surface area contributed by atoms with Crippen LogP contribution >= 0.6 is 0 Å². The molecule has 2 heteroatoms. The fourth-order valence-corrected chi connectivity index (χ4v) is 1.46. The van der Waals surface area contributed by atoms with Crippen LogP contribution in [0.5, 0.6) is 0 Å². The van der Waals surface area contributed by atoms with Crippen LogP contribution in [0, 0.1) is 6.92 Å². The van der Waals surface area contributed by atoms with E-state index in [9.17, 15) is 0 Å². The Kier molecular flexibility index (Phi) is 3.93. The van der Waals surface area contributed by atoms with E-state index in [0.717, 1.165) is 6.42 Å². The summed E-state index contributed by atoms with van der Waals surface area (Å²) in [5.41, 5.74) is 13.8. The van der Waals surface area contributed by atoms with Crippen LogP contribution in [0.4, 0.5) is 0 Å². The van der Waals surface area contributed by atoms with Crippen molar-refractivity contribution in [3.8, 4) is 0 Å². The highest BCUT2D eigenvalue weighted by Crippen LogP contribution is 2.17. The SMILES string of the molecule is Cc1ccc(C(CN)CCN)cc1. The average Bonchev–Trinajstić information content (AvgIpc) is 2.16. The van der Waals surface area contributed by atoms with Gasteiger partial charge in [-0.1, -0.05) is 29.8 Å². The predicted octanol–water partition coefficient (Wildman–Crippen LogP) is 1.39. The highest BCUT2D eigenvalue weighted by atomic mass is 14.6. The largest absolute Gasteiger partial charge is 0.330 e. The van der Waals surface area contributed by atoms with Crippen LogP contribution in [-0.4, -0.2) is 13.1 Å². The fourth-order valence-electron chi connectivity index (χ4n) is 1.46. The van der Waals surface area contributed by atoms with Gasteiger partial charge in [-0.25, -0.2) is 0 Å². The Hall–Kier alpha value is -0.860. The van der Waals surface area contributed by atoms with Gasteiger partial charge >= 0.3 is 0 Å². The maximum Gasteiger partial charge on any atom is -0.000776 e. The number of hydrogen-bond acceptors (Lipinski definition) is 2. The van der Waals surface area contributed by atoms with Crippen molar-refractivity contribution >= 4 is 0 Å². The van der Waals surface area contributed by atoms with E-state index < -0.39 is 0 Å². The smallest absolute Gasteiger partial charge is 0.000776 e. The molecule has 0 fully saturated rings. The molecule has 0 amide bonds. The monoisotopic (exact) mass is 178 g/mol. The molecular weight excluding hydrogens is 160 g/mol. The zero-order valence-corrected chi connectivity index (χ0v) is 8.16. The van der Waals surface area contributed by atoms with Crippen LogP contribution in [-0.2, 0) is 0 Å². The van der Waals surface area contributed by atoms with Crippen LogP contribution in [0.15, 0.2) is 24.3 Å². The Bertz CT molecular complexity index is 241. The lowest BCUT2D eigenvalue weighted by Crippen LogP contribution is -2.16. The maximum atomic E-state index is 5.67. The quantitative estimate of drug-likeness (QED) is 0.732. The van der Waals surface area contributed by atoms with E-state index in [1.165, 1.54) is 11.1 Å². The zero-order chi connectivity index (χ0) is 9.68. The van der Waals surface area contributed by atoms with Crippen molar-refractivity contribution in [1.29, 1.82) is 0 Å². The third-order valence-electron chi connectivity index (χ3n) is 2.35. The van der Waals surface area contributed by atoms with Crippen molar-refractivity contribution in [3.05, 3.63) is 35.4 Å². The molecule has 0 aliphatic heterocycles. The second-order valence-electron chi connectivity index (χ2n) is 3.42. The van der Waals surface area contributed by atoms with Gasteiger partial charge in [-0.2, -0.15) is 0 Å². The summed E-state index contributed by atoms with van der Waals surface area (Å²) >= 11 is 0. The number of nitrogens with two attached hydrogens (primary N) is 2. The molecule has 0 bridgehead atoms. The second kappa shape index (κ2) is 5.00. The maximum absolute atomic E-state index is 5.67. The Balaban J connectivity index is 2.73. The molecule has 1 unspecified atom stereocenters. The highest BCUT2D eigenvalue weighted by Gasteiger charge is 2.07. The summed E-state index contributed by atoms with van der Waals surface area (Å²) in [6.07, 6.45) is 0.972. The molecule has 13 heavy (non-hydrogen) atoms. The molecule has 0 saturated carbocycles. The molecule has 0 radical (unpaired) electrons. The molecule has 1 rings (SSSR count). The van der Waals surface area contributed by atoms with Crippen molar-refractivity contribution in [2.75, 3.05) is 13.1 Å². The van der Waals surface area contributed by atoms with Gasteiger partial charge in [0, 0.05) is 0 Å². The van der Waals surface area contributed by atoms with Crippen molar-refractivity contribution in [3.63, 3.8) is 0 Å². The van der Waals surface area contributed by atoms with Gasteiger partial charge in [0.15, 0.2) is 0 Å². The Labute approximate surface area is 79.9 Å². The first-order valence-electron chi connectivity index (χ1n) is 4.74. The number of hydrogen-bond donors (Lipinski definition) is 2. The summed E-state index contributed by atoms with van der Waals surface area (Å²) in [5, 5.41) is 0. The summed E-state index contributed by atoms with van der Waals surface area (Å²) in [7, 11) is 0. The van der Waals surface area contributed by atoms with Gasteiger partial charge in [-0.15, -0.1) is 0 Å². The van der Waals surface area contributed by atoms with Gasteiger partial charge < -0.3 is 11.5 Å². The van der Waals surface area contributed by atoms with E-state index in [1.807, 2.05) is 0 Å². The molecule has 1 aromatic carbocycles. The summed E-state index contributed by atoms with van der Waals surface area (Å²) < 4.78 is 0. The van der Waals surface area contributed by atoms with E-state index in [2.05, 4.69) is 31.2 Å². The third kappa shape index (κ3) is 2.83. The predicted molar refractivity (Wildman–Crippen MR) is 56.6 cm³/mol. The first-order valence-corrected chi connectivity index (χ1v) is 4.74. The molecular formula is C11H18N2. The summed E-state index contributed by atoms with van der Waals surface area (Å²) in [4.78, 5) is 0. The lowest BCUT2D eigenvalue weighted by atomic mass is 9.95. The fraction of sp³-hybridized carbons (Fsp3) is 0.455. The van der Waals surface area contributed by atoms with Gasteiger partial charge in [-0.05, 0) is 37.9 Å². The van der Waals surface area contributed by atoms with Crippen molar-refractivity contribution in [1.82, 2.24) is 0 Å². The van der Waals surface area contributed by atoms with Crippen LogP contribution in [0.25, 0.3) is 0 Å². The Morgan fingerprint density at radius 1 is 1.15 bits per heavy atom. The Morgan fingerprint density at radius 2 is 1.77 bits per heavy atom. The molecule has 0 aliphatic carbocycles. The van der Waals surface area contributed by atoms with Gasteiger partial charge in [0.25, 0.3) is 0 Å². The lowest BCUT2D eigenvalue weighted by molar-refractivity contribution is 0.643. The van der Waals surface area contributed by atoms with E-state index >= 15 is 0 Å². The number of rotatable bonds is 4. The van der Waals surface area contributed by atoms with Gasteiger partial charge in [0.1, 0.15) is 0 Å². The van der Waals surface area contributed by atoms with Crippen LogP contribution in [0.1, 0.15) is 23.5 Å². The number of benzene rings is 1. The molecule has 2 nitrogen and oxygen atoms in total. The van der Waals surface area contributed by atoms with Crippen molar-refractivity contribution in [2.45, 2.75) is 19.3 Å². The van der Waals surface area contributed by atoms with Gasteiger partial charge in [-0.3, -0.25) is 0 Å². The molecule has 0 aliphatic rings. The highest BCUT2D eigenvalue weighted by molar-refractivity contribution is 5.24. The van der Waals surface area contributed by atoms with Crippen LogP contribution in [0.3, 0.4) is 0 Å². The first-order chi connectivity index (χ1) is 6.27. The van der Waals surface area contributed by atoms with E-state index in [4.69, 9.17) is 11.5 Å². The molecule has 1 aromatic rings. The van der Waals surface area contributed by atoms with E-state index in [1.54, 1.807) is 0 Å². The molecule has 0 saturated heterocycles. The molecule has 0 spiro atoms. The molecule has 1 atom stereocenters. The topological polar surface area (TPSA) is 52.0 Å². The molecule has 0 heterocycles. The average molecular weight is 178 g/mol. The van der Waals surface area contributed by atoms with Gasteiger partial charge in [0.2, 0.25) is 0 Å². The minimum absolute atomic E-state index is 0.422.